The van der Waals surface area contributed by atoms with Gasteiger partial charge in [0.1, 0.15) is 0 Å². The lowest BCUT2D eigenvalue weighted by Crippen LogP contribution is -2.13. The smallest absolute Gasteiger partial charge is 0.358 e. The Morgan fingerprint density at radius 1 is 1.50 bits per heavy atom. The Balaban J connectivity index is 2.78. The monoisotopic (exact) mass is 225 g/mol. The van der Waals surface area contributed by atoms with Gasteiger partial charge in [-0.2, -0.15) is 5.10 Å². The zero-order valence-corrected chi connectivity index (χ0v) is 10.1. The molecule has 5 heteroatoms. The summed E-state index contributed by atoms with van der Waals surface area (Å²) in [7, 11) is 1.70. The number of hydrogen-bond donors (Lipinski definition) is 1. The Morgan fingerprint density at radius 3 is 2.69 bits per heavy atom. The number of aryl methyl sites for hydroxylation is 2. The molecule has 0 aromatic carbocycles. The molecule has 0 fully saturated rings. The number of nitrogens with two attached hydrogens (primary N) is 1. The van der Waals surface area contributed by atoms with Gasteiger partial charge in [-0.05, 0) is 12.8 Å². The predicted molar refractivity (Wildman–Crippen MR) is 62.2 cm³/mol. The van der Waals surface area contributed by atoms with Gasteiger partial charge in [0.25, 0.3) is 0 Å². The largest absolute Gasteiger partial charge is 0.461 e. The van der Waals surface area contributed by atoms with Crippen molar-refractivity contribution in [3.8, 4) is 0 Å². The fourth-order valence-corrected chi connectivity index (χ4v) is 1.48. The number of esters is 1. The first-order valence-corrected chi connectivity index (χ1v) is 5.60. The molecule has 1 aromatic rings. The molecule has 0 aliphatic rings. The topological polar surface area (TPSA) is 70.1 Å². The highest BCUT2D eigenvalue weighted by Crippen LogP contribution is 2.17. The van der Waals surface area contributed by atoms with E-state index in [2.05, 4.69) is 5.10 Å². The number of nitrogens with zero attached hydrogens (tertiary/aromatic N) is 2. The summed E-state index contributed by atoms with van der Waals surface area (Å²) in [5, 5.41) is 4.17. The molecule has 0 radical (unpaired) electrons. The van der Waals surface area contributed by atoms with Crippen molar-refractivity contribution in [3.05, 3.63) is 11.4 Å². The van der Waals surface area contributed by atoms with E-state index >= 15 is 0 Å². The summed E-state index contributed by atoms with van der Waals surface area (Å²) in [5.41, 5.74) is 7.37. The molecule has 0 unspecified atom stereocenters. The van der Waals surface area contributed by atoms with Crippen molar-refractivity contribution in [1.82, 2.24) is 9.78 Å². The van der Waals surface area contributed by atoms with Crippen LogP contribution < -0.4 is 5.73 Å². The Labute approximate surface area is 95.6 Å². The third kappa shape index (κ3) is 2.53. The maximum atomic E-state index is 11.7. The fraction of sp³-hybridized carbons (Fsp3) is 0.636. The van der Waals surface area contributed by atoms with Crippen molar-refractivity contribution in [2.45, 2.75) is 33.1 Å². The summed E-state index contributed by atoms with van der Waals surface area (Å²) >= 11 is 0. The molecule has 0 aliphatic heterocycles. The summed E-state index contributed by atoms with van der Waals surface area (Å²) in [4.78, 5) is 11.7. The number of nitrogen functional groups attached to an aromatic ring is 1. The maximum Gasteiger partial charge on any atom is 0.358 e. The van der Waals surface area contributed by atoms with Gasteiger partial charge in [0.15, 0.2) is 5.69 Å². The lowest BCUT2D eigenvalue weighted by atomic mass is 10.2. The molecular weight excluding hydrogens is 206 g/mol. The number of aromatic nitrogens is 2. The van der Waals surface area contributed by atoms with Crippen LogP contribution >= 0.6 is 0 Å². The van der Waals surface area contributed by atoms with Crippen molar-refractivity contribution in [2.75, 3.05) is 12.3 Å². The molecule has 1 rings (SSSR count). The third-order valence-electron chi connectivity index (χ3n) is 2.42. The van der Waals surface area contributed by atoms with Crippen LogP contribution in [0.1, 0.15) is 42.9 Å². The zero-order chi connectivity index (χ0) is 12.1. The van der Waals surface area contributed by atoms with Crippen molar-refractivity contribution in [1.29, 1.82) is 0 Å². The third-order valence-corrected chi connectivity index (χ3v) is 2.42. The first-order chi connectivity index (χ1) is 7.61. The van der Waals surface area contributed by atoms with E-state index in [1.54, 1.807) is 7.05 Å². The Hall–Kier alpha value is -1.52. The predicted octanol–water partition coefficient (Wildman–Crippen LogP) is 1.52. The summed E-state index contributed by atoms with van der Waals surface area (Å²) in [5.74, 6) is -0.388. The molecule has 0 aliphatic carbocycles. The van der Waals surface area contributed by atoms with Gasteiger partial charge >= 0.3 is 5.97 Å². The van der Waals surface area contributed by atoms with Gasteiger partial charge in [0, 0.05) is 7.05 Å². The number of carbonyl (C=O) groups excluding carboxylic acids is 1. The number of unbranched alkanes of at least 4 members (excludes halogenated alkanes) is 1. The van der Waals surface area contributed by atoms with Crippen LogP contribution in [0.15, 0.2) is 0 Å². The molecule has 5 nitrogen and oxygen atoms in total. The highest BCUT2D eigenvalue weighted by Gasteiger charge is 2.19. The number of rotatable bonds is 5. The Bertz CT molecular complexity index is 372. The van der Waals surface area contributed by atoms with Crippen LogP contribution in [0.5, 0.6) is 0 Å². The van der Waals surface area contributed by atoms with Crippen molar-refractivity contribution < 1.29 is 9.53 Å². The minimum absolute atomic E-state index is 0.355. The van der Waals surface area contributed by atoms with Gasteiger partial charge in [-0.3, -0.25) is 4.68 Å². The van der Waals surface area contributed by atoms with E-state index in [0.717, 1.165) is 18.5 Å². The van der Waals surface area contributed by atoms with Crippen LogP contribution in [-0.2, 0) is 18.2 Å². The summed E-state index contributed by atoms with van der Waals surface area (Å²) in [6.45, 7) is 4.42. The molecule has 2 N–H and O–H groups in total. The second-order valence-electron chi connectivity index (χ2n) is 3.68. The van der Waals surface area contributed by atoms with Crippen molar-refractivity contribution >= 4 is 11.7 Å². The van der Waals surface area contributed by atoms with E-state index in [9.17, 15) is 4.79 Å². The molecule has 1 heterocycles. The molecule has 0 amide bonds. The number of carbonyl (C=O) groups is 1. The molecule has 1 aromatic heterocycles. The van der Waals surface area contributed by atoms with Gasteiger partial charge in [0.2, 0.25) is 0 Å². The van der Waals surface area contributed by atoms with E-state index in [4.69, 9.17) is 10.5 Å². The van der Waals surface area contributed by atoms with Gasteiger partial charge < -0.3 is 10.5 Å². The first kappa shape index (κ1) is 12.5. The Kier molecular flexibility index (Phi) is 4.34. The standard InChI is InChI=1S/C11H19N3O2/c1-4-6-7-16-11(15)10-9(12)8(5-2)13-14(10)3/h4-7,12H2,1-3H3. The minimum Gasteiger partial charge on any atom is -0.461 e. The van der Waals surface area contributed by atoms with Gasteiger partial charge in [0.05, 0.1) is 18.0 Å². The van der Waals surface area contributed by atoms with Crippen LogP contribution in [0.25, 0.3) is 0 Å². The Morgan fingerprint density at radius 2 is 2.19 bits per heavy atom. The summed E-state index contributed by atoms with van der Waals surface area (Å²) in [6, 6.07) is 0. The first-order valence-electron chi connectivity index (χ1n) is 5.60. The fourth-order valence-electron chi connectivity index (χ4n) is 1.48. The molecule has 0 atom stereocenters. The van der Waals surface area contributed by atoms with E-state index in [0.29, 0.717) is 24.4 Å². The molecule has 0 saturated heterocycles. The van der Waals surface area contributed by atoms with E-state index < -0.39 is 0 Å². The number of anilines is 1. The van der Waals surface area contributed by atoms with Crippen molar-refractivity contribution in [3.63, 3.8) is 0 Å². The molecule has 0 bridgehead atoms. The van der Waals surface area contributed by atoms with Gasteiger partial charge in [-0.1, -0.05) is 20.3 Å². The van der Waals surface area contributed by atoms with E-state index in [-0.39, 0.29) is 5.97 Å². The second-order valence-corrected chi connectivity index (χ2v) is 3.68. The van der Waals surface area contributed by atoms with Crippen molar-refractivity contribution in [2.24, 2.45) is 7.05 Å². The van der Waals surface area contributed by atoms with Crippen LogP contribution in [0, 0.1) is 0 Å². The normalized spacial score (nSPS) is 10.4. The maximum absolute atomic E-state index is 11.7. The number of hydrogen-bond acceptors (Lipinski definition) is 4. The highest BCUT2D eigenvalue weighted by molar-refractivity contribution is 5.93. The SMILES string of the molecule is CCCCOC(=O)c1c(N)c(CC)nn1C. The highest BCUT2D eigenvalue weighted by atomic mass is 16.5. The quantitative estimate of drug-likeness (QED) is 0.609. The summed E-state index contributed by atoms with van der Waals surface area (Å²) in [6.07, 6.45) is 2.57. The molecule has 16 heavy (non-hydrogen) atoms. The van der Waals surface area contributed by atoms with Crippen LogP contribution in [-0.4, -0.2) is 22.4 Å². The molecule has 0 saturated carbocycles. The lowest BCUT2D eigenvalue weighted by Gasteiger charge is -2.04. The average Bonchev–Trinajstić information content (AvgIpc) is 2.54. The van der Waals surface area contributed by atoms with Crippen LogP contribution in [0.2, 0.25) is 0 Å². The van der Waals surface area contributed by atoms with Crippen LogP contribution in [0.3, 0.4) is 0 Å². The van der Waals surface area contributed by atoms with Gasteiger partial charge in [-0.15, -0.1) is 0 Å². The summed E-state index contributed by atoms with van der Waals surface area (Å²) < 4.78 is 6.60. The molecular formula is C11H19N3O2. The minimum atomic E-state index is -0.388. The van der Waals surface area contributed by atoms with E-state index in [1.807, 2.05) is 13.8 Å². The zero-order valence-electron chi connectivity index (χ0n) is 10.1. The number of ether oxygens (including phenoxy) is 1. The van der Waals surface area contributed by atoms with Crippen LogP contribution in [0.4, 0.5) is 5.69 Å². The second kappa shape index (κ2) is 5.53. The van der Waals surface area contributed by atoms with E-state index in [1.165, 1.54) is 4.68 Å². The van der Waals surface area contributed by atoms with Gasteiger partial charge in [-0.25, -0.2) is 4.79 Å². The lowest BCUT2D eigenvalue weighted by molar-refractivity contribution is 0.0488. The average molecular weight is 225 g/mol. The molecule has 90 valence electrons. The molecule has 0 spiro atoms.